The number of nitrogens with one attached hydrogen (secondary N) is 2. The number of likely N-dealkylation sites (N-methyl/N-ethyl adjacent to an activating group) is 1. The maximum Gasteiger partial charge on any atom is 0.338 e. The summed E-state index contributed by atoms with van der Waals surface area (Å²) >= 11 is 0. The molecule has 0 bridgehead atoms. The van der Waals surface area contributed by atoms with Gasteiger partial charge in [-0.05, 0) is 50.2 Å². The third-order valence-corrected chi connectivity index (χ3v) is 4.85. The Labute approximate surface area is 156 Å². The van der Waals surface area contributed by atoms with Gasteiger partial charge in [-0.3, -0.25) is 0 Å². The van der Waals surface area contributed by atoms with E-state index in [1.165, 1.54) is 19.3 Å². The number of carbonyl (C=O) groups is 2. The van der Waals surface area contributed by atoms with Crippen LogP contribution in [0.1, 0.15) is 56.3 Å². The summed E-state index contributed by atoms with van der Waals surface area (Å²) in [5.41, 5.74) is 1.15. The highest BCUT2D eigenvalue weighted by Gasteiger charge is 2.15. The molecule has 1 aliphatic rings. The number of hydrogen-bond donors (Lipinski definition) is 2. The maximum atomic E-state index is 12.1. The standard InChI is InChI=1S/C20H31N3O3/c1-3-23(4-2)14-15-26-19(24)16-10-12-18(13-11-16)22-20(25)21-17-8-6-5-7-9-17/h10-13,17H,3-9,14-15H2,1-2H3,(H2,21,22,25). The Morgan fingerprint density at radius 3 is 2.35 bits per heavy atom. The zero-order valence-corrected chi connectivity index (χ0v) is 15.9. The fourth-order valence-corrected chi connectivity index (χ4v) is 3.18. The van der Waals surface area contributed by atoms with E-state index >= 15 is 0 Å². The van der Waals surface area contributed by atoms with Crippen molar-refractivity contribution in [2.75, 3.05) is 31.6 Å². The highest BCUT2D eigenvalue weighted by Crippen LogP contribution is 2.17. The Kier molecular flexibility index (Phi) is 8.41. The van der Waals surface area contributed by atoms with Crippen molar-refractivity contribution < 1.29 is 14.3 Å². The average molecular weight is 361 g/mol. The molecule has 0 saturated heterocycles. The van der Waals surface area contributed by atoms with Crippen LogP contribution in [0.2, 0.25) is 0 Å². The van der Waals surface area contributed by atoms with Crippen molar-refractivity contribution in [3.8, 4) is 0 Å². The van der Waals surface area contributed by atoms with E-state index in [9.17, 15) is 9.59 Å². The van der Waals surface area contributed by atoms with Crippen molar-refractivity contribution in [3.05, 3.63) is 29.8 Å². The van der Waals surface area contributed by atoms with E-state index in [4.69, 9.17) is 4.74 Å². The largest absolute Gasteiger partial charge is 0.461 e. The molecule has 1 aromatic carbocycles. The minimum atomic E-state index is -0.338. The summed E-state index contributed by atoms with van der Waals surface area (Å²) in [5.74, 6) is -0.338. The number of anilines is 1. The Balaban J connectivity index is 1.75. The predicted molar refractivity (Wildman–Crippen MR) is 104 cm³/mol. The van der Waals surface area contributed by atoms with Gasteiger partial charge in [0.25, 0.3) is 0 Å². The third-order valence-electron chi connectivity index (χ3n) is 4.85. The molecule has 0 heterocycles. The molecule has 2 amide bonds. The van der Waals surface area contributed by atoms with Crippen LogP contribution in [0.4, 0.5) is 10.5 Å². The van der Waals surface area contributed by atoms with Crippen molar-refractivity contribution in [1.29, 1.82) is 0 Å². The zero-order valence-electron chi connectivity index (χ0n) is 15.9. The van der Waals surface area contributed by atoms with Crippen LogP contribution in [0.5, 0.6) is 0 Å². The topological polar surface area (TPSA) is 70.7 Å². The maximum absolute atomic E-state index is 12.1. The first-order valence-corrected chi connectivity index (χ1v) is 9.69. The first-order chi connectivity index (χ1) is 12.6. The summed E-state index contributed by atoms with van der Waals surface area (Å²) in [6.45, 7) is 7.17. The highest BCUT2D eigenvalue weighted by atomic mass is 16.5. The van der Waals surface area contributed by atoms with Crippen LogP contribution in [-0.2, 0) is 4.74 Å². The van der Waals surface area contributed by atoms with Gasteiger partial charge in [0.15, 0.2) is 0 Å². The fourth-order valence-electron chi connectivity index (χ4n) is 3.18. The van der Waals surface area contributed by atoms with Gasteiger partial charge in [-0.2, -0.15) is 0 Å². The molecule has 1 fully saturated rings. The van der Waals surface area contributed by atoms with Crippen molar-refractivity contribution in [2.45, 2.75) is 52.0 Å². The van der Waals surface area contributed by atoms with E-state index in [1.807, 2.05) is 0 Å². The summed E-state index contributed by atoms with van der Waals surface area (Å²) in [4.78, 5) is 26.3. The summed E-state index contributed by atoms with van der Waals surface area (Å²) < 4.78 is 5.30. The molecule has 2 N–H and O–H groups in total. The van der Waals surface area contributed by atoms with E-state index in [2.05, 4.69) is 29.4 Å². The molecule has 0 aromatic heterocycles. The summed E-state index contributed by atoms with van der Waals surface area (Å²) in [6.07, 6.45) is 5.70. The number of benzene rings is 1. The quantitative estimate of drug-likeness (QED) is 0.694. The molecule has 1 saturated carbocycles. The first-order valence-electron chi connectivity index (χ1n) is 9.69. The number of rotatable bonds is 8. The van der Waals surface area contributed by atoms with E-state index < -0.39 is 0 Å². The molecule has 0 unspecified atom stereocenters. The lowest BCUT2D eigenvalue weighted by Crippen LogP contribution is -2.39. The third kappa shape index (κ3) is 6.67. The van der Waals surface area contributed by atoms with Gasteiger partial charge in [-0.25, -0.2) is 9.59 Å². The van der Waals surface area contributed by atoms with Crippen LogP contribution in [0.25, 0.3) is 0 Å². The average Bonchev–Trinajstić information content (AvgIpc) is 2.66. The summed E-state index contributed by atoms with van der Waals surface area (Å²) in [7, 11) is 0. The molecule has 144 valence electrons. The van der Waals surface area contributed by atoms with Crippen molar-refractivity contribution in [1.82, 2.24) is 10.2 Å². The lowest BCUT2D eigenvalue weighted by Gasteiger charge is -2.22. The van der Waals surface area contributed by atoms with Gasteiger partial charge >= 0.3 is 12.0 Å². The van der Waals surface area contributed by atoms with E-state index in [1.54, 1.807) is 24.3 Å². The van der Waals surface area contributed by atoms with E-state index in [0.717, 1.165) is 32.5 Å². The van der Waals surface area contributed by atoms with Gasteiger partial charge in [-0.1, -0.05) is 33.1 Å². The number of nitrogens with zero attached hydrogens (tertiary/aromatic N) is 1. The van der Waals surface area contributed by atoms with Gasteiger partial charge in [0.1, 0.15) is 6.61 Å². The Morgan fingerprint density at radius 1 is 1.08 bits per heavy atom. The molecule has 6 nitrogen and oxygen atoms in total. The second-order valence-electron chi connectivity index (χ2n) is 6.67. The van der Waals surface area contributed by atoms with Gasteiger partial charge in [-0.15, -0.1) is 0 Å². The van der Waals surface area contributed by atoms with Crippen LogP contribution in [0.15, 0.2) is 24.3 Å². The number of urea groups is 1. The molecule has 0 spiro atoms. The van der Waals surface area contributed by atoms with Crippen LogP contribution >= 0.6 is 0 Å². The molecule has 0 atom stereocenters. The molecule has 1 aliphatic carbocycles. The lowest BCUT2D eigenvalue weighted by atomic mass is 9.96. The van der Waals surface area contributed by atoms with Gasteiger partial charge < -0.3 is 20.3 Å². The zero-order chi connectivity index (χ0) is 18.8. The summed E-state index contributed by atoms with van der Waals surface area (Å²) in [5, 5.41) is 5.83. The minimum absolute atomic E-state index is 0.188. The Hall–Kier alpha value is -2.08. The van der Waals surface area contributed by atoms with Crippen molar-refractivity contribution >= 4 is 17.7 Å². The summed E-state index contributed by atoms with van der Waals surface area (Å²) in [6, 6.07) is 6.88. The van der Waals surface area contributed by atoms with E-state index in [0.29, 0.717) is 17.9 Å². The van der Waals surface area contributed by atoms with Gasteiger partial charge in [0.05, 0.1) is 5.56 Å². The molecular weight excluding hydrogens is 330 g/mol. The fraction of sp³-hybridized carbons (Fsp3) is 0.600. The number of ether oxygens (including phenoxy) is 1. The molecule has 0 aliphatic heterocycles. The number of carbonyl (C=O) groups excluding carboxylic acids is 2. The molecule has 26 heavy (non-hydrogen) atoms. The second-order valence-corrected chi connectivity index (χ2v) is 6.67. The highest BCUT2D eigenvalue weighted by molar-refractivity contribution is 5.92. The molecule has 6 heteroatoms. The lowest BCUT2D eigenvalue weighted by molar-refractivity contribution is 0.0466. The van der Waals surface area contributed by atoms with Crippen molar-refractivity contribution in [3.63, 3.8) is 0 Å². The molecular formula is C20H31N3O3. The Morgan fingerprint density at radius 2 is 1.73 bits per heavy atom. The normalized spacial score (nSPS) is 14.9. The van der Waals surface area contributed by atoms with Crippen LogP contribution in [0, 0.1) is 0 Å². The van der Waals surface area contributed by atoms with Crippen LogP contribution in [0.3, 0.4) is 0 Å². The molecule has 1 aromatic rings. The SMILES string of the molecule is CCN(CC)CCOC(=O)c1ccc(NC(=O)NC2CCCCC2)cc1. The number of amides is 2. The predicted octanol–water partition coefficient (Wildman–Crippen LogP) is 3.64. The number of esters is 1. The van der Waals surface area contributed by atoms with Crippen LogP contribution in [-0.4, -0.2) is 49.2 Å². The van der Waals surface area contributed by atoms with Gasteiger partial charge in [0, 0.05) is 18.3 Å². The Bertz CT molecular complexity index is 564. The molecule has 2 rings (SSSR count). The second kappa shape index (κ2) is 10.8. The first kappa shape index (κ1) is 20.2. The smallest absolute Gasteiger partial charge is 0.338 e. The monoisotopic (exact) mass is 361 g/mol. The van der Waals surface area contributed by atoms with Crippen molar-refractivity contribution in [2.24, 2.45) is 0 Å². The van der Waals surface area contributed by atoms with Crippen LogP contribution < -0.4 is 10.6 Å². The molecule has 0 radical (unpaired) electrons. The van der Waals surface area contributed by atoms with Gasteiger partial charge in [0.2, 0.25) is 0 Å². The minimum Gasteiger partial charge on any atom is -0.461 e. The number of hydrogen-bond acceptors (Lipinski definition) is 4. The van der Waals surface area contributed by atoms with E-state index in [-0.39, 0.29) is 18.0 Å².